The summed E-state index contributed by atoms with van der Waals surface area (Å²) in [6.45, 7) is 17.0. The first-order valence-electron chi connectivity index (χ1n) is 7.91. The predicted molar refractivity (Wildman–Crippen MR) is 107 cm³/mol. The van der Waals surface area contributed by atoms with Gasteiger partial charge < -0.3 is 5.32 Å². The third-order valence-corrected chi connectivity index (χ3v) is 4.72. The summed E-state index contributed by atoms with van der Waals surface area (Å²) in [5.41, 5.74) is 5.58. The molecule has 0 aromatic heterocycles. The van der Waals surface area contributed by atoms with Crippen LogP contribution in [0.2, 0.25) is 0 Å². The monoisotopic (exact) mass is 328 g/mol. The van der Waals surface area contributed by atoms with E-state index in [2.05, 4.69) is 62.1 Å². The van der Waals surface area contributed by atoms with E-state index in [0.29, 0.717) is 0 Å². The third-order valence-electron chi connectivity index (χ3n) is 3.78. The normalized spacial score (nSPS) is 15.1. The SMILES string of the molecule is C=CSC1=C(C)C=C(CNC(=C)C(=C)CC(CC)=NC)C=CC1. The number of aliphatic imine (C=N–C) groups is 1. The van der Waals surface area contributed by atoms with Gasteiger partial charge in [-0.3, -0.25) is 4.99 Å². The molecule has 0 unspecified atom stereocenters. The third kappa shape index (κ3) is 6.49. The van der Waals surface area contributed by atoms with Crippen molar-refractivity contribution >= 4 is 17.5 Å². The highest BCUT2D eigenvalue weighted by atomic mass is 32.2. The van der Waals surface area contributed by atoms with Crippen molar-refractivity contribution in [2.75, 3.05) is 13.6 Å². The van der Waals surface area contributed by atoms with Crippen molar-refractivity contribution in [3.05, 3.63) is 70.7 Å². The molecule has 0 heterocycles. The minimum absolute atomic E-state index is 0.752. The topological polar surface area (TPSA) is 24.4 Å². The number of rotatable bonds is 9. The summed E-state index contributed by atoms with van der Waals surface area (Å²) in [6, 6.07) is 0. The maximum absolute atomic E-state index is 4.27. The van der Waals surface area contributed by atoms with Crippen LogP contribution in [0.4, 0.5) is 0 Å². The standard InChI is InChI=1S/C20H28N2S/c1-7-19(21-6)13-15(3)17(5)22-14-18-10-9-11-20(23-8-2)16(4)12-18/h8-10,12,22H,2-3,5,7,11,13-14H2,1,4,6H3. The number of allylic oxidation sites excluding steroid dienone is 5. The van der Waals surface area contributed by atoms with Gasteiger partial charge in [-0.2, -0.15) is 0 Å². The molecule has 1 rings (SSSR count). The number of hydrogen-bond donors (Lipinski definition) is 1. The molecule has 3 heteroatoms. The molecule has 0 bridgehead atoms. The minimum Gasteiger partial charge on any atom is -0.381 e. The molecule has 0 saturated carbocycles. The average Bonchev–Trinajstić information content (AvgIpc) is 2.72. The zero-order chi connectivity index (χ0) is 17.2. The van der Waals surface area contributed by atoms with Gasteiger partial charge in [0.05, 0.1) is 0 Å². The van der Waals surface area contributed by atoms with Gasteiger partial charge in [0.1, 0.15) is 0 Å². The summed E-state index contributed by atoms with van der Waals surface area (Å²) in [7, 11) is 1.83. The highest BCUT2D eigenvalue weighted by molar-refractivity contribution is 8.05. The summed E-state index contributed by atoms with van der Waals surface area (Å²) < 4.78 is 0. The van der Waals surface area contributed by atoms with Crippen molar-refractivity contribution in [3.8, 4) is 0 Å². The van der Waals surface area contributed by atoms with E-state index in [1.54, 1.807) is 11.8 Å². The van der Waals surface area contributed by atoms with Gasteiger partial charge in [-0.1, -0.05) is 44.9 Å². The Morgan fingerprint density at radius 2 is 2.17 bits per heavy atom. The quantitative estimate of drug-likeness (QED) is 0.443. The molecule has 0 aromatic rings. The highest BCUT2D eigenvalue weighted by Gasteiger charge is 2.07. The molecule has 0 amide bonds. The first kappa shape index (κ1) is 19.3. The van der Waals surface area contributed by atoms with Gasteiger partial charge in [-0.25, -0.2) is 0 Å². The molecule has 0 radical (unpaired) electrons. The fraction of sp³-hybridized carbons (Fsp3) is 0.350. The van der Waals surface area contributed by atoms with Crippen molar-refractivity contribution in [1.29, 1.82) is 0 Å². The Balaban J connectivity index is 2.63. The lowest BCUT2D eigenvalue weighted by Gasteiger charge is -2.13. The second-order valence-corrected chi connectivity index (χ2v) is 6.53. The van der Waals surface area contributed by atoms with E-state index in [-0.39, 0.29) is 0 Å². The van der Waals surface area contributed by atoms with Gasteiger partial charge in [0.15, 0.2) is 0 Å². The van der Waals surface area contributed by atoms with Crippen LogP contribution in [0.3, 0.4) is 0 Å². The molecule has 0 aromatic carbocycles. The summed E-state index contributed by atoms with van der Waals surface area (Å²) in [5.74, 6) is 0. The molecular formula is C20H28N2S. The van der Waals surface area contributed by atoms with Gasteiger partial charge in [0.25, 0.3) is 0 Å². The second-order valence-electron chi connectivity index (χ2n) is 5.47. The van der Waals surface area contributed by atoms with E-state index in [4.69, 9.17) is 0 Å². The lowest BCUT2D eigenvalue weighted by atomic mass is 10.1. The molecular weight excluding hydrogens is 300 g/mol. The fourth-order valence-corrected chi connectivity index (χ4v) is 2.92. The first-order chi connectivity index (χ1) is 11.0. The van der Waals surface area contributed by atoms with E-state index in [1.807, 2.05) is 12.5 Å². The van der Waals surface area contributed by atoms with E-state index in [9.17, 15) is 0 Å². The van der Waals surface area contributed by atoms with Crippen molar-refractivity contribution in [2.24, 2.45) is 4.99 Å². The molecule has 1 N–H and O–H groups in total. The molecule has 0 fully saturated rings. The minimum atomic E-state index is 0.752. The van der Waals surface area contributed by atoms with E-state index in [1.165, 1.54) is 16.1 Å². The summed E-state index contributed by atoms with van der Waals surface area (Å²) in [4.78, 5) is 5.62. The van der Waals surface area contributed by atoms with Crippen molar-refractivity contribution in [1.82, 2.24) is 5.32 Å². The van der Waals surface area contributed by atoms with Gasteiger partial charge >= 0.3 is 0 Å². The first-order valence-corrected chi connectivity index (χ1v) is 8.79. The fourth-order valence-electron chi connectivity index (χ4n) is 2.29. The Morgan fingerprint density at radius 3 is 2.78 bits per heavy atom. The number of hydrogen-bond acceptors (Lipinski definition) is 3. The largest absolute Gasteiger partial charge is 0.381 e. The van der Waals surface area contributed by atoms with Crippen LogP contribution in [0.25, 0.3) is 0 Å². The van der Waals surface area contributed by atoms with E-state index >= 15 is 0 Å². The van der Waals surface area contributed by atoms with Gasteiger partial charge in [0, 0.05) is 31.4 Å². The van der Waals surface area contributed by atoms with E-state index in [0.717, 1.165) is 42.8 Å². The summed E-state index contributed by atoms with van der Waals surface area (Å²) in [6.07, 6.45) is 9.30. The molecule has 23 heavy (non-hydrogen) atoms. The molecule has 1 aliphatic rings. The summed E-state index contributed by atoms with van der Waals surface area (Å²) in [5, 5.41) is 5.27. The smallest absolute Gasteiger partial charge is 0.0400 e. The number of nitrogens with one attached hydrogen (secondary N) is 1. The maximum atomic E-state index is 4.27. The number of thioether (sulfide) groups is 1. The lowest BCUT2D eigenvalue weighted by Crippen LogP contribution is -2.17. The Morgan fingerprint density at radius 1 is 1.43 bits per heavy atom. The van der Waals surface area contributed by atoms with Gasteiger partial charge in [-0.05, 0) is 46.8 Å². The molecule has 124 valence electrons. The molecule has 0 spiro atoms. The summed E-state index contributed by atoms with van der Waals surface area (Å²) >= 11 is 1.70. The molecule has 1 aliphatic carbocycles. The maximum Gasteiger partial charge on any atom is 0.0400 e. The van der Waals surface area contributed by atoms with Crippen molar-refractivity contribution < 1.29 is 0 Å². The lowest BCUT2D eigenvalue weighted by molar-refractivity contribution is 0.888. The molecule has 2 nitrogen and oxygen atoms in total. The van der Waals surface area contributed by atoms with E-state index < -0.39 is 0 Å². The van der Waals surface area contributed by atoms with Crippen LogP contribution in [0, 0.1) is 0 Å². The molecule has 0 aliphatic heterocycles. The highest BCUT2D eigenvalue weighted by Crippen LogP contribution is 2.28. The number of nitrogens with zero attached hydrogens (tertiary/aromatic N) is 1. The molecule has 0 atom stereocenters. The Hall–Kier alpha value is -1.74. The van der Waals surface area contributed by atoms with Crippen LogP contribution in [0.5, 0.6) is 0 Å². The van der Waals surface area contributed by atoms with Crippen LogP contribution in [0.15, 0.2) is 75.7 Å². The molecule has 0 saturated heterocycles. The van der Waals surface area contributed by atoms with Gasteiger partial charge in [-0.15, -0.1) is 11.8 Å². The Bertz CT molecular complexity index is 589. The van der Waals surface area contributed by atoms with Crippen LogP contribution in [-0.4, -0.2) is 19.3 Å². The predicted octanol–water partition coefficient (Wildman–Crippen LogP) is 5.55. The van der Waals surface area contributed by atoms with Crippen molar-refractivity contribution in [2.45, 2.75) is 33.1 Å². The van der Waals surface area contributed by atoms with Crippen LogP contribution in [0.1, 0.15) is 33.1 Å². The van der Waals surface area contributed by atoms with Crippen molar-refractivity contribution in [3.63, 3.8) is 0 Å². The van der Waals surface area contributed by atoms with Crippen LogP contribution in [-0.2, 0) is 0 Å². The Labute approximate surface area is 145 Å². The second kappa shape index (κ2) is 10.1. The van der Waals surface area contributed by atoms with Gasteiger partial charge in [0.2, 0.25) is 0 Å². The average molecular weight is 329 g/mol. The zero-order valence-electron chi connectivity index (χ0n) is 14.6. The zero-order valence-corrected chi connectivity index (χ0v) is 15.4. The van der Waals surface area contributed by atoms with Crippen LogP contribution >= 0.6 is 11.8 Å². The van der Waals surface area contributed by atoms with Crippen LogP contribution < -0.4 is 5.32 Å². The Kier molecular flexibility index (Phi) is 8.49.